The summed E-state index contributed by atoms with van der Waals surface area (Å²) >= 11 is 0. The molecule has 2 fully saturated rings. The molecule has 0 saturated carbocycles. The smallest absolute Gasteiger partial charge is 0.131 e. The van der Waals surface area contributed by atoms with Gasteiger partial charge in [0, 0.05) is 30.3 Å². The Bertz CT molecular complexity index is 733. The fourth-order valence-electron chi connectivity index (χ4n) is 5.07. The van der Waals surface area contributed by atoms with Crippen molar-refractivity contribution < 1.29 is 14.7 Å². The van der Waals surface area contributed by atoms with Crippen LogP contribution in [-0.4, -0.2) is 35.3 Å². The van der Waals surface area contributed by atoms with Gasteiger partial charge in [0.2, 0.25) is 0 Å². The maximum Gasteiger partial charge on any atom is 0.131 e. The summed E-state index contributed by atoms with van der Waals surface area (Å²) in [7, 11) is 0. The summed E-state index contributed by atoms with van der Waals surface area (Å²) in [5.41, 5.74) is 1.93. The minimum Gasteiger partial charge on any atom is -0.494 e. The average molecular weight is 327 g/mol. The van der Waals surface area contributed by atoms with Crippen LogP contribution in [-0.2, 0) is 0 Å². The number of nitrogens with one attached hydrogen (secondary N) is 1. The van der Waals surface area contributed by atoms with Crippen LogP contribution in [0.15, 0.2) is 30.5 Å². The first-order valence-corrected chi connectivity index (χ1v) is 9.28. The van der Waals surface area contributed by atoms with E-state index in [-0.39, 0.29) is 0 Å². The number of aliphatic hydroxyl groups is 1. The number of rotatable bonds is 5. The van der Waals surface area contributed by atoms with Gasteiger partial charge in [0.15, 0.2) is 0 Å². The molecule has 2 aliphatic heterocycles. The van der Waals surface area contributed by atoms with Gasteiger partial charge < -0.3 is 14.7 Å². The van der Waals surface area contributed by atoms with Crippen molar-refractivity contribution in [2.45, 2.75) is 51.3 Å². The molecule has 0 aliphatic carbocycles. The summed E-state index contributed by atoms with van der Waals surface area (Å²) in [5.74, 6) is 1.63. The Kier molecular flexibility index (Phi) is 4.19. The first-order chi connectivity index (χ1) is 11.7. The molecule has 1 unspecified atom stereocenters. The van der Waals surface area contributed by atoms with E-state index in [0.29, 0.717) is 12.6 Å². The molecule has 0 amide bonds. The Morgan fingerprint density at radius 1 is 1.33 bits per heavy atom. The van der Waals surface area contributed by atoms with E-state index in [4.69, 9.17) is 4.74 Å². The minimum absolute atomic E-state index is 0.315. The van der Waals surface area contributed by atoms with E-state index in [9.17, 15) is 5.11 Å². The van der Waals surface area contributed by atoms with E-state index in [1.165, 1.54) is 19.4 Å². The predicted molar refractivity (Wildman–Crippen MR) is 94.3 cm³/mol. The van der Waals surface area contributed by atoms with Crippen LogP contribution >= 0.6 is 0 Å². The second-order valence-corrected chi connectivity index (χ2v) is 7.19. The van der Waals surface area contributed by atoms with Crippen LogP contribution in [0, 0.1) is 5.92 Å². The largest absolute Gasteiger partial charge is 0.494 e. The summed E-state index contributed by atoms with van der Waals surface area (Å²) in [6.07, 6.45) is 5.07. The summed E-state index contributed by atoms with van der Waals surface area (Å²) in [5, 5.41) is 12.2. The molecular weight excluding hydrogens is 300 g/mol. The lowest BCUT2D eigenvalue weighted by Gasteiger charge is -2.28. The molecule has 2 N–H and O–H groups in total. The third-order valence-electron chi connectivity index (χ3n) is 6.08. The Morgan fingerprint density at radius 2 is 2.21 bits per heavy atom. The Balaban J connectivity index is 1.69. The van der Waals surface area contributed by atoms with E-state index < -0.39 is 6.10 Å². The van der Waals surface area contributed by atoms with Gasteiger partial charge in [-0.2, -0.15) is 0 Å². The lowest BCUT2D eigenvalue weighted by molar-refractivity contribution is -0.932. The maximum absolute atomic E-state index is 11.2. The van der Waals surface area contributed by atoms with Crippen LogP contribution in [0.4, 0.5) is 0 Å². The topological polar surface area (TPSA) is 46.8 Å². The molecule has 2 aliphatic rings. The SMILES string of the molecule is CCOc1ccc2nccc([C@@H](O)[C@@H]3C[C@@H]4CC[NH+]3[C@@H]4CC)c2c1. The first-order valence-electron chi connectivity index (χ1n) is 9.28. The second kappa shape index (κ2) is 6.34. The lowest BCUT2D eigenvalue weighted by Crippen LogP contribution is -3.16. The van der Waals surface area contributed by atoms with Crippen LogP contribution in [0.5, 0.6) is 5.75 Å². The van der Waals surface area contributed by atoms with E-state index in [1.54, 1.807) is 4.90 Å². The van der Waals surface area contributed by atoms with Gasteiger partial charge in [-0.05, 0) is 43.2 Å². The second-order valence-electron chi connectivity index (χ2n) is 7.19. The summed E-state index contributed by atoms with van der Waals surface area (Å²) in [4.78, 5) is 6.07. The number of benzene rings is 1. The number of hydrogen-bond acceptors (Lipinski definition) is 3. The number of pyridine rings is 1. The average Bonchev–Trinajstić information content (AvgIpc) is 3.18. The molecule has 3 heterocycles. The van der Waals surface area contributed by atoms with Gasteiger partial charge in [-0.15, -0.1) is 0 Å². The van der Waals surface area contributed by atoms with Gasteiger partial charge in [-0.25, -0.2) is 0 Å². The van der Waals surface area contributed by atoms with Crippen molar-refractivity contribution in [2.75, 3.05) is 13.2 Å². The summed E-state index contributed by atoms with van der Waals surface area (Å²) < 4.78 is 5.64. The zero-order valence-corrected chi connectivity index (χ0v) is 14.5. The minimum atomic E-state index is -0.429. The van der Waals surface area contributed by atoms with Crippen molar-refractivity contribution in [2.24, 2.45) is 5.92 Å². The number of nitrogens with zero attached hydrogens (tertiary/aromatic N) is 1. The number of fused-ring (bicyclic) bond motifs is 3. The van der Waals surface area contributed by atoms with Crippen molar-refractivity contribution in [3.63, 3.8) is 0 Å². The van der Waals surface area contributed by atoms with Gasteiger partial charge in [-0.1, -0.05) is 6.92 Å². The van der Waals surface area contributed by atoms with Crippen LogP contribution in [0.3, 0.4) is 0 Å². The molecule has 5 atom stereocenters. The zero-order chi connectivity index (χ0) is 16.7. The Hall–Kier alpha value is -1.65. The molecule has 2 saturated heterocycles. The highest BCUT2D eigenvalue weighted by molar-refractivity contribution is 5.83. The molecular formula is C20H27N2O2+. The molecule has 1 aromatic carbocycles. The molecule has 4 rings (SSSR count). The highest BCUT2D eigenvalue weighted by Crippen LogP contribution is 2.35. The highest BCUT2D eigenvalue weighted by atomic mass is 16.5. The molecule has 2 aromatic rings. The molecule has 24 heavy (non-hydrogen) atoms. The monoisotopic (exact) mass is 327 g/mol. The zero-order valence-electron chi connectivity index (χ0n) is 14.5. The molecule has 4 nitrogen and oxygen atoms in total. The van der Waals surface area contributed by atoms with Crippen LogP contribution in [0.2, 0.25) is 0 Å². The standard InChI is InChI=1S/C20H26N2O2/c1-3-18-13-8-10-22(18)19(11-13)20(23)15-7-9-21-17-6-5-14(24-4-2)12-16(15)17/h5-7,9,12-13,18-20,23H,3-4,8,10-11H2,1-2H3/p+1/t13-,18+,19-,20+/m0/s1. The molecule has 2 bridgehead atoms. The van der Waals surface area contributed by atoms with Gasteiger partial charge in [-0.3, -0.25) is 4.98 Å². The van der Waals surface area contributed by atoms with E-state index in [2.05, 4.69) is 11.9 Å². The summed E-state index contributed by atoms with van der Waals surface area (Å²) in [6.45, 7) is 6.12. The van der Waals surface area contributed by atoms with E-state index in [1.807, 2.05) is 37.4 Å². The summed E-state index contributed by atoms with van der Waals surface area (Å²) in [6, 6.07) is 9.00. The predicted octanol–water partition coefficient (Wildman–Crippen LogP) is 2.12. The highest BCUT2D eigenvalue weighted by Gasteiger charge is 2.52. The number of quaternary nitrogens is 1. The molecule has 1 aromatic heterocycles. The van der Waals surface area contributed by atoms with Crippen molar-refractivity contribution in [3.8, 4) is 5.75 Å². The van der Waals surface area contributed by atoms with E-state index >= 15 is 0 Å². The van der Waals surface area contributed by atoms with Gasteiger partial charge in [0.25, 0.3) is 0 Å². The van der Waals surface area contributed by atoms with Crippen molar-refractivity contribution in [3.05, 3.63) is 36.0 Å². The van der Waals surface area contributed by atoms with Gasteiger partial charge in [0.05, 0.1) is 24.7 Å². The first kappa shape index (κ1) is 15.9. The number of ether oxygens (including phenoxy) is 1. The fourth-order valence-corrected chi connectivity index (χ4v) is 5.07. The van der Waals surface area contributed by atoms with Crippen LogP contribution < -0.4 is 9.64 Å². The Morgan fingerprint density at radius 3 is 2.96 bits per heavy atom. The van der Waals surface area contributed by atoms with Gasteiger partial charge >= 0.3 is 0 Å². The third-order valence-corrected chi connectivity index (χ3v) is 6.08. The van der Waals surface area contributed by atoms with Gasteiger partial charge in [0.1, 0.15) is 17.9 Å². The Labute approximate surface area is 143 Å². The van der Waals surface area contributed by atoms with Crippen LogP contribution in [0.1, 0.15) is 44.8 Å². The number of aliphatic hydroxyl groups excluding tert-OH is 1. The van der Waals surface area contributed by atoms with Crippen molar-refractivity contribution >= 4 is 10.9 Å². The third kappa shape index (κ3) is 2.49. The molecule has 0 spiro atoms. The van der Waals surface area contributed by atoms with Crippen molar-refractivity contribution in [1.29, 1.82) is 0 Å². The lowest BCUT2D eigenvalue weighted by atomic mass is 9.90. The number of aromatic nitrogens is 1. The maximum atomic E-state index is 11.2. The van der Waals surface area contributed by atoms with E-state index in [0.717, 1.165) is 40.6 Å². The number of piperidine rings is 1. The molecule has 0 radical (unpaired) electrons. The van der Waals surface area contributed by atoms with Crippen LogP contribution in [0.25, 0.3) is 10.9 Å². The molecule has 128 valence electrons. The molecule has 4 heteroatoms. The van der Waals surface area contributed by atoms with Crippen molar-refractivity contribution in [1.82, 2.24) is 4.98 Å². The normalized spacial score (nSPS) is 30.0. The number of hydrogen-bond donors (Lipinski definition) is 2. The quantitative estimate of drug-likeness (QED) is 0.884. The fraction of sp³-hybridized carbons (Fsp3) is 0.550.